The van der Waals surface area contributed by atoms with Crippen molar-refractivity contribution in [1.82, 2.24) is 10.2 Å². The second-order valence-corrected chi connectivity index (χ2v) is 7.27. The van der Waals surface area contributed by atoms with Gasteiger partial charge in [-0.15, -0.1) is 0 Å². The minimum Gasteiger partial charge on any atom is -0.488 e. The van der Waals surface area contributed by atoms with E-state index in [-0.39, 0.29) is 12.4 Å². The van der Waals surface area contributed by atoms with E-state index in [0.717, 1.165) is 56.1 Å². The Bertz CT molecular complexity index is 941. The molecule has 152 valence electrons. The number of halogens is 1. The van der Waals surface area contributed by atoms with E-state index in [0.29, 0.717) is 12.1 Å². The fourth-order valence-corrected chi connectivity index (χ4v) is 3.68. The van der Waals surface area contributed by atoms with Crippen LogP contribution in [0.5, 0.6) is 5.75 Å². The lowest BCUT2D eigenvalue weighted by Gasteiger charge is -2.26. The minimum absolute atomic E-state index is 0.214. The van der Waals surface area contributed by atoms with Gasteiger partial charge in [-0.3, -0.25) is 4.90 Å². The van der Waals surface area contributed by atoms with E-state index in [4.69, 9.17) is 9.47 Å². The van der Waals surface area contributed by atoms with Crippen molar-refractivity contribution < 1.29 is 13.9 Å². The maximum Gasteiger partial charge on any atom is 0.129 e. The number of benzene rings is 3. The zero-order valence-corrected chi connectivity index (χ0v) is 16.6. The Morgan fingerprint density at radius 2 is 1.76 bits per heavy atom. The monoisotopic (exact) mass is 394 g/mol. The summed E-state index contributed by atoms with van der Waals surface area (Å²) in [5.74, 6) is 0.560. The summed E-state index contributed by atoms with van der Waals surface area (Å²) in [4.78, 5) is 2.41. The molecule has 3 aromatic rings. The number of hydrogen-bond acceptors (Lipinski definition) is 4. The van der Waals surface area contributed by atoms with Crippen LogP contribution in [0, 0.1) is 5.82 Å². The van der Waals surface area contributed by atoms with Crippen LogP contribution < -0.4 is 10.1 Å². The van der Waals surface area contributed by atoms with Crippen molar-refractivity contribution in [3.05, 3.63) is 77.6 Å². The fraction of sp³-hybridized carbons (Fsp3) is 0.333. The lowest BCUT2D eigenvalue weighted by molar-refractivity contribution is 0.0384. The number of fused-ring (bicyclic) bond motifs is 1. The molecule has 0 unspecified atom stereocenters. The van der Waals surface area contributed by atoms with E-state index in [1.807, 2.05) is 24.3 Å². The largest absolute Gasteiger partial charge is 0.488 e. The Labute approximate surface area is 171 Å². The first-order chi connectivity index (χ1) is 14.3. The van der Waals surface area contributed by atoms with Gasteiger partial charge < -0.3 is 14.8 Å². The minimum atomic E-state index is -0.238. The van der Waals surface area contributed by atoms with E-state index >= 15 is 0 Å². The lowest BCUT2D eigenvalue weighted by atomic mass is 10.0. The molecule has 0 atom stereocenters. The zero-order chi connectivity index (χ0) is 19.9. The highest BCUT2D eigenvalue weighted by Gasteiger charge is 2.12. The van der Waals surface area contributed by atoms with E-state index in [9.17, 15) is 4.39 Å². The number of morpholine rings is 1. The molecular weight excluding hydrogens is 367 g/mol. The van der Waals surface area contributed by atoms with Gasteiger partial charge in [-0.2, -0.15) is 0 Å². The van der Waals surface area contributed by atoms with Crippen LogP contribution in [0.25, 0.3) is 10.8 Å². The molecule has 3 aromatic carbocycles. The molecule has 0 aliphatic carbocycles. The van der Waals surface area contributed by atoms with Crippen molar-refractivity contribution in [2.45, 2.75) is 13.2 Å². The Balaban J connectivity index is 1.46. The Morgan fingerprint density at radius 1 is 0.966 bits per heavy atom. The molecular formula is C24H27FN2O2. The van der Waals surface area contributed by atoms with Crippen LogP contribution in [0.15, 0.2) is 60.7 Å². The lowest BCUT2D eigenvalue weighted by Crippen LogP contribution is -2.40. The third-order valence-corrected chi connectivity index (χ3v) is 5.35. The summed E-state index contributed by atoms with van der Waals surface area (Å²) in [6.07, 6.45) is 0. The highest BCUT2D eigenvalue weighted by atomic mass is 19.1. The molecule has 0 spiro atoms. The average molecular weight is 394 g/mol. The molecule has 1 fully saturated rings. The van der Waals surface area contributed by atoms with Gasteiger partial charge in [0.2, 0.25) is 0 Å². The molecule has 0 bridgehead atoms. The number of nitrogens with zero attached hydrogens (tertiary/aromatic N) is 1. The second-order valence-electron chi connectivity index (χ2n) is 7.27. The first-order valence-corrected chi connectivity index (χ1v) is 10.2. The quantitative estimate of drug-likeness (QED) is 0.586. The standard InChI is InChI=1S/C24H27FN2O2/c25-23-8-4-2-6-20(23)18-29-24-10-9-19-5-1-3-7-21(19)22(24)17-26-11-12-27-13-15-28-16-14-27/h1-10,26H,11-18H2. The van der Waals surface area contributed by atoms with Crippen LogP contribution in [-0.2, 0) is 17.9 Å². The molecule has 0 radical (unpaired) electrons. The first kappa shape index (κ1) is 19.8. The topological polar surface area (TPSA) is 33.7 Å². The molecule has 5 heteroatoms. The second kappa shape index (κ2) is 9.83. The summed E-state index contributed by atoms with van der Waals surface area (Å²) in [7, 11) is 0. The van der Waals surface area contributed by atoms with Gasteiger partial charge >= 0.3 is 0 Å². The highest BCUT2D eigenvalue weighted by Crippen LogP contribution is 2.29. The molecule has 1 N–H and O–H groups in total. The first-order valence-electron chi connectivity index (χ1n) is 10.2. The van der Waals surface area contributed by atoms with Crippen molar-refractivity contribution in [2.24, 2.45) is 0 Å². The molecule has 1 aliphatic rings. The van der Waals surface area contributed by atoms with Crippen molar-refractivity contribution in [2.75, 3.05) is 39.4 Å². The summed E-state index contributed by atoms with van der Waals surface area (Å²) < 4.78 is 25.4. The number of ether oxygens (including phenoxy) is 2. The van der Waals surface area contributed by atoms with Crippen molar-refractivity contribution >= 4 is 10.8 Å². The van der Waals surface area contributed by atoms with Gasteiger partial charge in [-0.25, -0.2) is 4.39 Å². The van der Waals surface area contributed by atoms with E-state index in [2.05, 4.69) is 28.4 Å². The summed E-state index contributed by atoms with van der Waals surface area (Å²) in [5, 5.41) is 5.90. The summed E-state index contributed by atoms with van der Waals surface area (Å²) in [6, 6.07) is 19.1. The average Bonchev–Trinajstić information content (AvgIpc) is 2.77. The van der Waals surface area contributed by atoms with Crippen LogP contribution >= 0.6 is 0 Å². The third-order valence-electron chi connectivity index (χ3n) is 5.35. The summed E-state index contributed by atoms with van der Waals surface area (Å²) in [5.41, 5.74) is 1.67. The molecule has 1 heterocycles. The van der Waals surface area contributed by atoms with Crippen molar-refractivity contribution in [3.8, 4) is 5.75 Å². The molecule has 0 aromatic heterocycles. The van der Waals surface area contributed by atoms with Gasteiger partial charge in [-0.1, -0.05) is 48.5 Å². The van der Waals surface area contributed by atoms with Gasteiger partial charge in [0.1, 0.15) is 18.2 Å². The van der Waals surface area contributed by atoms with Crippen LogP contribution in [0.1, 0.15) is 11.1 Å². The Morgan fingerprint density at radius 3 is 2.62 bits per heavy atom. The molecule has 4 rings (SSSR count). The highest BCUT2D eigenvalue weighted by molar-refractivity contribution is 5.87. The zero-order valence-electron chi connectivity index (χ0n) is 16.6. The van der Waals surface area contributed by atoms with Crippen LogP contribution in [0.4, 0.5) is 4.39 Å². The molecule has 4 nitrogen and oxygen atoms in total. The molecule has 0 amide bonds. The normalized spacial score (nSPS) is 14.9. The van der Waals surface area contributed by atoms with Crippen molar-refractivity contribution in [3.63, 3.8) is 0 Å². The fourth-order valence-electron chi connectivity index (χ4n) is 3.68. The van der Waals surface area contributed by atoms with Crippen LogP contribution in [-0.4, -0.2) is 44.3 Å². The number of rotatable bonds is 8. The van der Waals surface area contributed by atoms with Gasteiger partial charge in [0.25, 0.3) is 0 Å². The molecule has 1 saturated heterocycles. The summed E-state index contributed by atoms with van der Waals surface area (Å²) >= 11 is 0. The molecule has 0 saturated carbocycles. The third kappa shape index (κ3) is 5.12. The van der Waals surface area contributed by atoms with E-state index in [1.165, 1.54) is 11.5 Å². The maximum atomic E-state index is 14.0. The number of hydrogen-bond donors (Lipinski definition) is 1. The van der Waals surface area contributed by atoms with Gasteiger partial charge in [-0.05, 0) is 22.9 Å². The van der Waals surface area contributed by atoms with Gasteiger partial charge in [0.15, 0.2) is 0 Å². The Kier molecular flexibility index (Phi) is 6.72. The van der Waals surface area contributed by atoms with Crippen molar-refractivity contribution in [1.29, 1.82) is 0 Å². The van der Waals surface area contributed by atoms with Crippen LogP contribution in [0.2, 0.25) is 0 Å². The SMILES string of the molecule is Fc1ccccc1COc1ccc2ccccc2c1CNCCN1CCOCC1. The maximum absolute atomic E-state index is 14.0. The van der Waals surface area contributed by atoms with E-state index < -0.39 is 0 Å². The van der Waals surface area contributed by atoms with Gasteiger partial charge in [0.05, 0.1) is 13.2 Å². The summed E-state index contributed by atoms with van der Waals surface area (Å²) in [6.45, 7) is 6.44. The van der Waals surface area contributed by atoms with Crippen LogP contribution in [0.3, 0.4) is 0 Å². The molecule has 29 heavy (non-hydrogen) atoms. The Hall–Kier alpha value is -2.47. The van der Waals surface area contributed by atoms with Gasteiger partial charge in [0, 0.05) is 43.9 Å². The predicted octanol–water partition coefficient (Wildman–Crippen LogP) is 3.98. The predicted molar refractivity (Wildman–Crippen MR) is 114 cm³/mol. The van der Waals surface area contributed by atoms with E-state index in [1.54, 1.807) is 12.1 Å². The number of nitrogens with one attached hydrogen (secondary N) is 1. The smallest absolute Gasteiger partial charge is 0.129 e. The molecule has 1 aliphatic heterocycles.